The second-order valence-electron chi connectivity index (χ2n) is 8.22. The van der Waals surface area contributed by atoms with Crippen molar-refractivity contribution in [1.29, 1.82) is 0 Å². The van der Waals surface area contributed by atoms with Gasteiger partial charge in [0.15, 0.2) is 0 Å². The van der Waals surface area contributed by atoms with E-state index >= 15 is 0 Å². The van der Waals surface area contributed by atoms with Gasteiger partial charge in [-0.2, -0.15) is 0 Å². The first-order valence-corrected chi connectivity index (χ1v) is 11.8. The fourth-order valence-corrected chi connectivity index (χ4v) is 5.12. The molecule has 4 aromatic rings. The van der Waals surface area contributed by atoms with Crippen LogP contribution in [0, 0.1) is 25.7 Å². The van der Waals surface area contributed by atoms with E-state index in [1.165, 1.54) is 32.3 Å². The number of aryl methyl sites for hydroxylation is 2. The Kier molecular flexibility index (Phi) is 6.82. The number of benzene rings is 3. The van der Waals surface area contributed by atoms with Crippen molar-refractivity contribution in [2.24, 2.45) is 5.73 Å². The van der Waals surface area contributed by atoms with Gasteiger partial charge in [-0.05, 0) is 78.2 Å². The summed E-state index contributed by atoms with van der Waals surface area (Å²) in [6.45, 7) is 6.59. The molecule has 0 saturated carbocycles. The normalized spacial score (nSPS) is 11.6. The summed E-state index contributed by atoms with van der Waals surface area (Å²) in [5, 5.41) is 3.52. The molecule has 1 aromatic heterocycles. The Bertz CT molecular complexity index is 1340. The summed E-state index contributed by atoms with van der Waals surface area (Å²) in [5.41, 5.74) is 12.6. The molecular weight excluding hydrogens is 426 g/mol. The third-order valence-corrected chi connectivity index (χ3v) is 6.76. The van der Waals surface area contributed by atoms with Crippen LogP contribution in [-0.4, -0.2) is 5.91 Å². The highest BCUT2D eigenvalue weighted by atomic mass is 32.1. The van der Waals surface area contributed by atoms with Crippen molar-refractivity contribution in [1.82, 2.24) is 0 Å². The molecule has 4 rings (SSSR count). The van der Waals surface area contributed by atoms with E-state index in [4.69, 9.17) is 10.5 Å². The summed E-state index contributed by atoms with van der Waals surface area (Å²) in [6.07, 6.45) is 0.213. The Morgan fingerprint density at radius 1 is 1.06 bits per heavy atom. The molecule has 0 aliphatic heterocycles. The lowest BCUT2D eigenvalue weighted by Gasteiger charge is -2.12. The van der Waals surface area contributed by atoms with E-state index in [-0.39, 0.29) is 18.2 Å². The van der Waals surface area contributed by atoms with Crippen molar-refractivity contribution < 1.29 is 9.53 Å². The van der Waals surface area contributed by atoms with E-state index in [1.807, 2.05) is 24.3 Å². The first-order chi connectivity index (χ1) is 16.0. The number of hydrogen-bond acceptors (Lipinski definition) is 3. The van der Waals surface area contributed by atoms with E-state index in [0.717, 1.165) is 16.9 Å². The number of carbonyl (C=O) groups excluding carboxylic acids is 1. The molecule has 1 heterocycles. The number of nitrogens with two attached hydrogens (primary N) is 1. The molecule has 3 nitrogen and oxygen atoms in total. The van der Waals surface area contributed by atoms with Gasteiger partial charge in [0.05, 0.1) is 5.92 Å². The van der Waals surface area contributed by atoms with Crippen LogP contribution in [0.15, 0.2) is 66.0 Å². The van der Waals surface area contributed by atoms with Crippen molar-refractivity contribution in [3.05, 3.63) is 88.3 Å². The molecule has 0 radical (unpaired) electrons. The molecule has 1 amide bonds. The zero-order valence-corrected chi connectivity index (χ0v) is 20.0. The molecule has 0 spiro atoms. The predicted molar refractivity (Wildman–Crippen MR) is 138 cm³/mol. The highest BCUT2D eigenvalue weighted by Crippen LogP contribution is 2.38. The molecule has 1 atom stereocenters. The standard InChI is InChI=1S/C29H27NO2S/c1-4-6-23(16-28(30)31)22-10-12-24(13-11-22)32-17-21-9-14-27-25(15-21)26(18-33-27)29-19(2)7-5-8-20(29)3/h5,7-15,18,23H,16-17H2,1-3H3,(H2,30,31)/t23-/m0/s1. The molecule has 0 unspecified atom stereocenters. The maximum atomic E-state index is 11.3. The number of rotatable bonds is 7. The third-order valence-electron chi connectivity index (χ3n) is 5.80. The summed E-state index contributed by atoms with van der Waals surface area (Å²) >= 11 is 1.78. The Morgan fingerprint density at radius 3 is 2.45 bits per heavy atom. The maximum absolute atomic E-state index is 11.3. The van der Waals surface area contributed by atoms with Gasteiger partial charge < -0.3 is 10.5 Å². The highest BCUT2D eigenvalue weighted by Gasteiger charge is 2.13. The number of carbonyl (C=O) groups is 1. The largest absolute Gasteiger partial charge is 0.489 e. The van der Waals surface area contributed by atoms with Crippen molar-refractivity contribution in [3.8, 4) is 28.7 Å². The molecule has 166 valence electrons. The van der Waals surface area contributed by atoms with Gasteiger partial charge in [0.2, 0.25) is 5.91 Å². The van der Waals surface area contributed by atoms with E-state index in [2.05, 4.69) is 67.5 Å². The fraction of sp³-hybridized carbons (Fsp3) is 0.207. The fourth-order valence-electron chi connectivity index (χ4n) is 4.19. The van der Waals surface area contributed by atoms with E-state index < -0.39 is 0 Å². The van der Waals surface area contributed by atoms with E-state index in [0.29, 0.717) is 6.61 Å². The number of fused-ring (bicyclic) bond motifs is 1. The molecule has 0 saturated heterocycles. The molecule has 0 bridgehead atoms. The van der Waals surface area contributed by atoms with Gasteiger partial charge in [-0.25, -0.2) is 0 Å². The predicted octanol–water partition coefficient (Wildman–Crippen LogP) is 6.75. The van der Waals surface area contributed by atoms with E-state index in [1.54, 1.807) is 18.3 Å². The van der Waals surface area contributed by atoms with Crippen LogP contribution < -0.4 is 10.5 Å². The molecular formula is C29H27NO2S. The monoisotopic (exact) mass is 453 g/mol. The smallest absolute Gasteiger partial charge is 0.219 e. The van der Waals surface area contributed by atoms with Crippen molar-refractivity contribution in [2.75, 3.05) is 0 Å². The van der Waals surface area contributed by atoms with Crippen molar-refractivity contribution >= 4 is 27.3 Å². The Labute approximate surface area is 199 Å². The average Bonchev–Trinajstić information content (AvgIpc) is 3.20. The van der Waals surface area contributed by atoms with Gasteiger partial charge >= 0.3 is 0 Å². The van der Waals surface area contributed by atoms with Gasteiger partial charge in [0, 0.05) is 22.1 Å². The SMILES string of the molecule is CC#C[C@@H](CC(N)=O)c1ccc(OCc2ccc3scc(-c4c(C)cccc4C)c3c2)cc1. The summed E-state index contributed by atoms with van der Waals surface area (Å²) in [5.74, 6) is 6.17. The molecule has 3 aromatic carbocycles. The first kappa shape index (κ1) is 22.6. The quantitative estimate of drug-likeness (QED) is 0.315. The first-order valence-electron chi connectivity index (χ1n) is 11.0. The van der Waals surface area contributed by atoms with Gasteiger partial charge in [-0.1, -0.05) is 42.3 Å². The summed E-state index contributed by atoms with van der Waals surface area (Å²) in [6, 6.07) is 20.7. The minimum Gasteiger partial charge on any atom is -0.489 e. The van der Waals surface area contributed by atoms with Gasteiger partial charge in [0.1, 0.15) is 12.4 Å². The molecule has 2 N–H and O–H groups in total. The van der Waals surface area contributed by atoms with Crippen LogP contribution >= 0.6 is 11.3 Å². The topological polar surface area (TPSA) is 52.3 Å². The van der Waals surface area contributed by atoms with Crippen LogP contribution in [-0.2, 0) is 11.4 Å². The van der Waals surface area contributed by atoms with Gasteiger partial charge in [0.25, 0.3) is 0 Å². The molecule has 0 fully saturated rings. The van der Waals surface area contributed by atoms with Crippen LogP contribution in [0.2, 0.25) is 0 Å². The molecule has 0 aliphatic rings. The van der Waals surface area contributed by atoms with Crippen LogP contribution in [0.3, 0.4) is 0 Å². The minimum absolute atomic E-state index is 0.189. The number of hydrogen-bond donors (Lipinski definition) is 1. The van der Waals surface area contributed by atoms with Crippen LogP contribution in [0.5, 0.6) is 5.75 Å². The minimum atomic E-state index is -0.354. The zero-order chi connectivity index (χ0) is 23.4. The lowest BCUT2D eigenvalue weighted by Crippen LogP contribution is -2.14. The number of amides is 1. The maximum Gasteiger partial charge on any atom is 0.219 e. The summed E-state index contributed by atoms with van der Waals surface area (Å²) in [4.78, 5) is 11.3. The van der Waals surface area contributed by atoms with Crippen molar-refractivity contribution in [2.45, 2.75) is 39.7 Å². The lowest BCUT2D eigenvalue weighted by atomic mass is 9.95. The lowest BCUT2D eigenvalue weighted by molar-refractivity contribution is -0.118. The second kappa shape index (κ2) is 9.94. The number of primary amides is 1. The molecule has 4 heteroatoms. The van der Waals surface area contributed by atoms with E-state index in [9.17, 15) is 4.79 Å². The van der Waals surface area contributed by atoms with Crippen LogP contribution in [0.1, 0.15) is 41.5 Å². The Hall–Kier alpha value is -3.55. The van der Waals surface area contributed by atoms with Crippen LogP contribution in [0.4, 0.5) is 0 Å². The average molecular weight is 454 g/mol. The Morgan fingerprint density at radius 2 is 1.79 bits per heavy atom. The number of ether oxygens (including phenoxy) is 1. The summed E-state index contributed by atoms with van der Waals surface area (Å²) in [7, 11) is 0. The Balaban J connectivity index is 1.53. The van der Waals surface area contributed by atoms with Gasteiger partial charge in [-0.3, -0.25) is 4.79 Å². The van der Waals surface area contributed by atoms with Gasteiger partial charge in [-0.15, -0.1) is 17.3 Å². The summed E-state index contributed by atoms with van der Waals surface area (Å²) < 4.78 is 7.34. The zero-order valence-electron chi connectivity index (χ0n) is 19.1. The van der Waals surface area contributed by atoms with Crippen molar-refractivity contribution in [3.63, 3.8) is 0 Å². The second-order valence-corrected chi connectivity index (χ2v) is 9.13. The van der Waals surface area contributed by atoms with Crippen LogP contribution in [0.25, 0.3) is 21.2 Å². The highest BCUT2D eigenvalue weighted by molar-refractivity contribution is 7.17. The number of thiophene rings is 1. The molecule has 33 heavy (non-hydrogen) atoms. The third kappa shape index (κ3) is 5.10. The molecule has 0 aliphatic carbocycles.